The Morgan fingerprint density at radius 1 is 1.54 bits per heavy atom. The van der Waals surface area contributed by atoms with Crippen molar-refractivity contribution in [3.05, 3.63) is 30.2 Å². The Labute approximate surface area is 152 Å². The van der Waals surface area contributed by atoms with Gasteiger partial charge >= 0.3 is 0 Å². The van der Waals surface area contributed by atoms with Crippen LogP contribution in [0.3, 0.4) is 0 Å². The quantitative estimate of drug-likeness (QED) is 0.708. The van der Waals surface area contributed by atoms with Gasteiger partial charge in [0, 0.05) is 44.2 Å². The van der Waals surface area contributed by atoms with Crippen molar-refractivity contribution < 1.29 is 22.3 Å². The molecule has 8 nitrogen and oxygen atoms in total. The van der Waals surface area contributed by atoms with E-state index in [1.807, 2.05) is 0 Å². The van der Waals surface area contributed by atoms with Gasteiger partial charge in [0.25, 0.3) is 0 Å². The van der Waals surface area contributed by atoms with Gasteiger partial charge in [-0.3, -0.25) is 4.79 Å². The van der Waals surface area contributed by atoms with Crippen molar-refractivity contribution in [3.63, 3.8) is 0 Å². The summed E-state index contributed by atoms with van der Waals surface area (Å²) in [6.07, 6.45) is 2.98. The van der Waals surface area contributed by atoms with Crippen LogP contribution in [0.5, 0.6) is 5.88 Å². The average molecular weight is 386 g/mol. The number of halogens is 1. The molecule has 1 aliphatic heterocycles. The summed E-state index contributed by atoms with van der Waals surface area (Å²) in [6, 6.07) is 2.60. The van der Waals surface area contributed by atoms with Gasteiger partial charge in [0.2, 0.25) is 21.8 Å². The second kappa shape index (κ2) is 9.06. The average Bonchev–Trinajstić information content (AvgIpc) is 2.62. The fourth-order valence-corrected chi connectivity index (χ4v) is 4.09. The van der Waals surface area contributed by atoms with Crippen molar-refractivity contribution in [2.24, 2.45) is 5.73 Å². The number of nitrogens with one attached hydrogen (secondary N) is 1. The van der Waals surface area contributed by atoms with Crippen LogP contribution < -0.4 is 15.8 Å². The van der Waals surface area contributed by atoms with Gasteiger partial charge in [-0.1, -0.05) is 0 Å². The molecule has 3 N–H and O–H groups in total. The van der Waals surface area contributed by atoms with E-state index in [-0.39, 0.29) is 48.0 Å². The Morgan fingerprint density at radius 2 is 2.31 bits per heavy atom. The number of rotatable bonds is 7. The van der Waals surface area contributed by atoms with Crippen LogP contribution >= 0.6 is 0 Å². The number of piperidine rings is 1. The largest absolute Gasteiger partial charge is 0.473 e. The molecule has 1 aromatic heterocycles. The van der Waals surface area contributed by atoms with E-state index in [1.54, 1.807) is 0 Å². The predicted molar refractivity (Wildman–Crippen MR) is 93.6 cm³/mol. The van der Waals surface area contributed by atoms with Crippen molar-refractivity contribution in [2.75, 3.05) is 26.2 Å². The Kier molecular flexibility index (Phi) is 7.06. The lowest BCUT2D eigenvalue weighted by atomic mass is 10.1. The molecule has 0 radical (unpaired) electrons. The van der Waals surface area contributed by atoms with Crippen LogP contribution in [0.1, 0.15) is 19.8 Å². The monoisotopic (exact) mass is 386 g/mol. The lowest BCUT2D eigenvalue weighted by Gasteiger charge is -2.32. The Balaban J connectivity index is 2.05. The number of amides is 1. The zero-order chi connectivity index (χ0) is 19.2. The molecule has 1 amide bonds. The number of carbonyl (C=O) groups excluding carboxylic acids is 1. The number of nitrogens with two attached hydrogens (primary N) is 1. The molecule has 0 spiro atoms. The molecule has 2 heterocycles. The molecule has 26 heavy (non-hydrogen) atoms. The number of hydrogen-bond donors (Lipinski definition) is 2. The fraction of sp³-hybridized carbons (Fsp3) is 0.500. The topological polar surface area (TPSA) is 115 Å². The second-order valence-corrected chi connectivity index (χ2v) is 7.93. The van der Waals surface area contributed by atoms with E-state index in [2.05, 4.69) is 10.3 Å². The molecule has 0 aromatic carbocycles. The van der Waals surface area contributed by atoms with Gasteiger partial charge in [-0.05, 0) is 18.9 Å². The summed E-state index contributed by atoms with van der Waals surface area (Å²) >= 11 is 0. The van der Waals surface area contributed by atoms with E-state index in [0.29, 0.717) is 19.3 Å². The summed E-state index contributed by atoms with van der Waals surface area (Å²) in [5, 5.41) is 2.76. The summed E-state index contributed by atoms with van der Waals surface area (Å²) in [6.45, 7) is 1.98. The van der Waals surface area contributed by atoms with Gasteiger partial charge in [-0.15, -0.1) is 0 Å². The molecule has 1 atom stereocenters. The van der Waals surface area contributed by atoms with Crippen LogP contribution in [0.15, 0.2) is 35.1 Å². The summed E-state index contributed by atoms with van der Waals surface area (Å²) in [4.78, 5) is 15.2. The highest BCUT2D eigenvalue weighted by atomic mass is 32.2. The van der Waals surface area contributed by atoms with Crippen LogP contribution in [0, 0.1) is 0 Å². The molecule has 1 fully saturated rings. The minimum absolute atomic E-state index is 0.0212. The van der Waals surface area contributed by atoms with E-state index in [9.17, 15) is 17.6 Å². The Hall–Kier alpha value is -2.04. The summed E-state index contributed by atoms with van der Waals surface area (Å²) < 4.78 is 44.5. The highest BCUT2D eigenvalue weighted by Crippen LogP contribution is 2.21. The third kappa shape index (κ3) is 5.23. The van der Waals surface area contributed by atoms with Crippen molar-refractivity contribution in [2.45, 2.75) is 30.7 Å². The third-order valence-electron chi connectivity index (χ3n) is 3.96. The van der Waals surface area contributed by atoms with Crippen LogP contribution in [0.25, 0.3) is 0 Å². The summed E-state index contributed by atoms with van der Waals surface area (Å²) in [5.74, 6) is -0.0110. The molecule has 1 saturated heterocycles. The second-order valence-electron chi connectivity index (χ2n) is 6.00. The van der Waals surface area contributed by atoms with Gasteiger partial charge in [0.05, 0.1) is 12.5 Å². The summed E-state index contributed by atoms with van der Waals surface area (Å²) in [7, 11) is -3.72. The maximum Gasteiger partial charge on any atom is 0.244 e. The van der Waals surface area contributed by atoms with Crippen LogP contribution in [0.2, 0.25) is 0 Å². The molecule has 0 saturated carbocycles. The van der Waals surface area contributed by atoms with Gasteiger partial charge in [-0.25, -0.2) is 17.8 Å². The molecule has 2 rings (SSSR count). The zero-order valence-electron chi connectivity index (χ0n) is 14.5. The number of ether oxygens (including phenoxy) is 1. The molecule has 0 bridgehead atoms. The first-order valence-corrected chi connectivity index (χ1v) is 9.65. The predicted octanol–water partition coefficient (Wildman–Crippen LogP) is 0.562. The molecular formula is C16H23FN4O4S. The number of carbonyl (C=O) groups is 1. The summed E-state index contributed by atoms with van der Waals surface area (Å²) in [5.41, 5.74) is 5.60. The number of pyridine rings is 1. The molecule has 1 aromatic rings. The minimum atomic E-state index is -3.72. The van der Waals surface area contributed by atoms with Gasteiger partial charge in [-0.2, -0.15) is 4.31 Å². The highest BCUT2D eigenvalue weighted by Gasteiger charge is 2.30. The van der Waals surface area contributed by atoms with E-state index >= 15 is 0 Å². The maximum absolute atomic E-state index is 12.7. The van der Waals surface area contributed by atoms with E-state index in [0.717, 1.165) is 6.42 Å². The molecule has 10 heteroatoms. The van der Waals surface area contributed by atoms with Gasteiger partial charge in [0.15, 0.2) is 0 Å². The third-order valence-corrected chi connectivity index (χ3v) is 5.81. The molecule has 0 aliphatic carbocycles. The molecule has 0 unspecified atom stereocenters. The van der Waals surface area contributed by atoms with Crippen LogP contribution in [0.4, 0.5) is 4.39 Å². The van der Waals surface area contributed by atoms with Crippen molar-refractivity contribution in [1.82, 2.24) is 14.6 Å². The first-order chi connectivity index (χ1) is 12.4. The number of nitrogens with zero attached hydrogens (tertiary/aromatic N) is 2. The fourth-order valence-electron chi connectivity index (χ4n) is 2.62. The van der Waals surface area contributed by atoms with E-state index in [4.69, 9.17) is 10.5 Å². The molecular weight excluding hydrogens is 363 g/mol. The van der Waals surface area contributed by atoms with Gasteiger partial charge < -0.3 is 15.8 Å². The number of sulfonamides is 1. The number of aromatic nitrogens is 1. The normalized spacial score (nSPS) is 19.2. The maximum atomic E-state index is 12.7. The standard InChI is InChI=1S/C16H23FN4O4S/c1-12(22)20-14-3-2-6-21(10-14)26(23,24)15-4-5-16(19-9-15)25-11-13(7-17)8-18/h4-5,7,9,14H,2-3,6,8,10-11,18H2,1H3,(H,20,22)/b13-7-/t14-/m1/s1. The Bertz CT molecular complexity index is 752. The van der Waals surface area contributed by atoms with Crippen LogP contribution in [-0.4, -0.2) is 55.9 Å². The van der Waals surface area contributed by atoms with Crippen LogP contribution in [-0.2, 0) is 14.8 Å². The lowest BCUT2D eigenvalue weighted by molar-refractivity contribution is -0.119. The molecule has 144 valence electrons. The first kappa shape index (κ1) is 20.3. The van der Waals surface area contributed by atoms with Crippen molar-refractivity contribution >= 4 is 15.9 Å². The van der Waals surface area contributed by atoms with E-state index < -0.39 is 10.0 Å². The Morgan fingerprint density at radius 3 is 2.88 bits per heavy atom. The smallest absolute Gasteiger partial charge is 0.244 e. The van der Waals surface area contributed by atoms with Crippen molar-refractivity contribution in [3.8, 4) is 5.88 Å². The number of hydrogen-bond acceptors (Lipinski definition) is 6. The first-order valence-electron chi connectivity index (χ1n) is 8.21. The van der Waals surface area contributed by atoms with Gasteiger partial charge in [0.1, 0.15) is 11.5 Å². The highest BCUT2D eigenvalue weighted by molar-refractivity contribution is 7.89. The van der Waals surface area contributed by atoms with E-state index in [1.165, 1.54) is 29.6 Å². The van der Waals surface area contributed by atoms with Crippen molar-refractivity contribution in [1.29, 1.82) is 0 Å². The molecule has 1 aliphatic rings. The minimum Gasteiger partial charge on any atom is -0.473 e. The SMILES string of the molecule is CC(=O)N[C@@H]1CCCN(S(=O)(=O)c2ccc(OC/C(=C\F)CN)nc2)C1. The zero-order valence-corrected chi connectivity index (χ0v) is 15.3. The lowest BCUT2D eigenvalue weighted by Crippen LogP contribution is -2.49.